The summed E-state index contributed by atoms with van der Waals surface area (Å²) < 4.78 is 0. The number of nitrogens with one attached hydrogen (secondary N) is 3. The van der Waals surface area contributed by atoms with Crippen LogP contribution in [0.25, 0.3) is 11.0 Å². The molecule has 0 unspecified atom stereocenters. The number of aliphatic imine (C=N–C) groups is 1. The number of aromatic amines is 1. The minimum absolute atomic E-state index is 0.258. The maximum Gasteiger partial charge on any atom is 0.160 e. The van der Waals surface area contributed by atoms with Crippen LogP contribution in [0.1, 0.15) is 30.4 Å². The summed E-state index contributed by atoms with van der Waals surface area (Å²) in [7, 11) is 1.81. The molecule has 0 spiro atoms. The summed E-state index contributed by atoms with van der Waals surface area (Å²) in [5.41, 5.74) is 3.22. The minimum Gasteiger partial charge on any atom is -0.367 e. The Kier molecular flexibility index (Phi) is 5.89. The van der Waals surface area contributed by atoms with Crippen molar-refractivity contribution in [3.05, 3.63) is 47.9 Å². The molecule has 1 aliphatic rings. The van der Waals surface area contributed by atoms with Gasteiger partial charge < -0.3 is 5.32 Å². The SMILES string of the molecule is C/N=C(/Cc1ccc(C)cc1)SC(=N)[C@@H]1CC[C@H](Nc2ncnc3[nH]ncc23)C1. The number of fused-ring (bicyclic) bond motifs is 1. The molecule has 3 N–H and O–H groups in total. The Morgan fingerprint density at radius 3 is 2.90 bits per heavy atom. The summed E-state index contributed by atoms with van der Waals surface area (Å²) in [5.74, 6) is 1.07. The lowest BCUT2D eigenvalue weighted by molar-refractivity contribution is 0.709. The molecular formula is C21H25N7S. The molecule has 0 bridgehead atoms. The Hall–Kier alpha value is -2.74. The Labute approximate surface area is 174 Å². The van der Waals surface area contributed by atoms with E-state index in [-0.39, 0.29) is 5.92 Å². The predicted octanol–water partition coefficient (Wildman–Crippen LogP) is 4.22. The van der Waals surface area contributed by atoms with Crippen LogP contribution in [-0.4, -0.2) is 43.3 Å². The van der Waals surface area contributed by atoms with Crippen LogP contribution in [0.3, 0.4) is 0 Å². The number of nitrogens with zero attached hydrogens (tertiary/aromatic N) is 4. The van der Waals surface area contributed by atoms with Crippen LogP contribution in [0.2, 0.25) is 0 Å². The second-order valence-electron chi connectivity index (χ2n) is 7.45. The van der Waals surface area contributed by atoms with Crippen LogP contribution >= 0.6 is 11.8 Å². The highest BCUT2D eigenvalue weighted by Gasteiger charge is 2.29. The monoisotopic (exact) mass is 407 g/mol. The van der Waals surface area contributed by atoms with E-state index in [1.165, 1.54) is 22.9 Å². The molecule has 0 aliphatic heterocycles. The molecule has 0 amide bonds. The number of benzene rings is 1. The van der Waals surface area contributed by atoms with Gasteiger partial charge in [0.2, 0.25) is 0 Å². The molecule has 2 heterocycles. The Balaban J connectivity index is 1.34. The highest BCUT2D eigenvalue weighted by atomic mass is 32.2. The molecular weight excluding hydrogens is 382 g/mol. The molecule has 2 atom stereocenters. The summed E-state index contributed by atoms with van der Waals surface area (Å²) in [6.45, 7) is 2.09. The van der Waals surface area contributed by atoms with Gasteiger partial charge in [0.15, 0.2) is 5.65 Å². The number of rotatable bonds is 5. The van der Waals surface area contributed by atoms with Crippen molar-refractivity contribution in [1.29, 1.82) is 5.41 Å². The standard InChI is InChI=1S/C21H25N7S/c1-13-3-5-14(6-4-13)9-18(23-2)29-19(22)15-7-8-16(10-15)27-20-17-11-26-28-21(17)25-12-24-20/h3-6,11-12,15-16,22H,7-10H2,1-2H3,(H2,24,25,26,27,28)/b22-19?,23-18-/t15-,16+/m1/s1. The van der Waals surface area contributed by atoms with Crippen LogP contribution in [0.5, 0.6) is 0 Å². The van der Waals surface area contributed by atoms with E-state index in [1.54, 1.807) is 12.5 Å². The third-order valence-corrected chi connectivity index (χ3v) is 6.46. The van der Waals surface area contributed by atoms with Gasteiger partial charge in [0.05, 0.1) is 21.7 Å². The van der Waals surface area contributed by atoms with E-state index in [2.05, 4.69) is 61.7 Å². The first-order chi connectivity index (χ1) is 14.1. The van der Waals surface area contributed by atoms with Crippen molar-refractivity contribution in [3.63, 3.8) is 0 Å². The molecule has 1 aromatic carbocycles. The van der Waals surface area contributed by atoms with Gasteiger partial charge >= 0.3 is 0 Å². The summed E-state index contributed by atoms with van der Waals surface area (Å²) in [6.07, 6.45) is 7.02. The van der Waals surface area contributed by atoms with Gasteiger partial charge in [-0.05, 0) is 31.7 Å². The molecule has 150 valence electrons. The van der Waals surface area contributed by atoms with Crippen LogP contribution in [0.15, 0.2) is 41.8 Å². The van der Waals surface area contributed by atoms with E-state index in [0.717, 1.165) is 47.6 Å². The Bertz CT molecular complexity index is 1020. The lowest BCUT2D eigenvalue weighted by Crippen LogP contribution is -2.18. The normalized spacial score (nSPS) is 19.6. The molecule has 0 radical (unpaired) electrons. The third kappa shape index (κ3) is 4.64. The quantitative estimate of drug-likeness (QED) is 0.434. The first kappa shape index (κ1) is 19.6. The number of aromatic nitrogens is 4. The average molecular weight is 408 g/mol. The molecule has 8 heteroatoms. The maximum atomic E-state index is 8.61. The molecule has 3 aromatic rings. The van der Waals surface area contributed by atoms with Crippen molar-refractivity contribution >= 4 is 38.7 Å². The number of H-pyrrole nitrogens is 1. The number of aryl methyl sites for hydroxylation is 1. The molecule has 2 aromatic heterocycles. The Morgan fingerprint density at radius 2 is 2.10 bits per heavy atom. The molecule has 29 heavy (non-hydrogen) atoms. The molecule has 4 rings (SSSR count). The number of anilines is 1. The smallest absolute Gasteiger partial charge is 0.160 e. The minimum atomic E-state index is 0.258. The maximum absolute atomic E-state index is 8.61. The van der Waals surface area contributed by atoms with Crippen LogP contribution in [-0.2, 0) is 6.42 Å². The first-order valence-corrected chi connectivity index (χ1v) is 10.6. The molecule has 1 fully saturated rings. The molecule has 0 saturated heterocycles. The number of hydrogen-bond donors (Lipinski definition) is 3. The fourth-order valence-electron chi connectivity index (χ4n) is 3.68. The summed E-state index contributed by atoms with van der Waals surface area (Å²) in [6, 6.07) is 8.82. The second kappa shape index (κ2) is 8.73. The zero-order valence-corrected chi connectivity index (χ0v) is 17.5. The van der Waals surface area contributed by atoms with Crippen LogP contribution in [0.4, 0.5) is 5.82 Å². The van der Waals surface area contributed by atoms with E-state index < -0.39 is 0 Å². The van der Waals surface area contributed by atoms with Crippen molar-refractivity contribution in [3.8, 4) is 0 Å². The van der Waals surface area contributed by atoms with Crippen LogP contribution in [0, 0.1) is 18.3 Å². The van der Waals surface area contributed by atoms with Crippen molar-refractivity contribution in [2.75, 3.05) is 12.4 Å². The van der Waals surface area contributed by atoms with E-state index >= 15 is 0 Å². The Morgan fingerprint density at radius 1 is 1.28 bits per heavy atom. The van der Waals surface area contributed by atoms with E-state index in [9.17, 15) is 0 Å². The van der Waals surface area contributed by atoms with Crippen LogP contribution < -0.4 is 5.32 Å². The topological polar surface area (TPSA) is 103 Å². The fourth-order valence-corrected chi connectivity index (χ4v) is 4.64. The lowest BCUT2D eigenvalue weighted by Gasteiger charge is -2.15. The molecule has 7 nitrogen and oxygen atoms in total. The van der Waals surface area contributed by atoms with Gasteiger partial charge in [-0.25, -0.2) is 9.97 Å². The second-order valence-corrected chi connectivity index (χ2v) is 8.57. The fraction of sp³-hybridized carbons (Fsp3) is 0.381. The zero-order valence-electron chi connectivity index (χ0n) is 16.6. The number of thioether (sulfide) groups is 1. The van der Waals surface area contributed by atoms with Gasteiger partial charge in [0, 0.05) is 25.4 Å². The van der Waals surface area contributed by atoms with E-state index in [0.29, 0.717) is 11.1 Å². The predicted molar refractivity (Wildman–Crippen MR) is 120 cm³/mol. The highest BCUT2D eigenvalue weighted by molar-refractivity contribution is 8.26. The lowest BCUT2D eigenvalue weighted by atomic mass is 10.1. The van der Waals surface area contributed by atoms with Crippen molar-refractivity contribution in [2.45, 2.75) is 38.6 Å². The van der Waals surface area contributed by atoms with E-state index in [4.69, 9.17) is 5.41 Å². The van der Waals surface area contributed by atoms with E-state index in [1.807, 2.05) is 7.05 Å². The van der Waals surface area contributed by atoms with Crippen molar-refractivity contribution in [2.24, 2.45) is 10.9 Å². The zero-order chi connectivity index (χ0) is 20.2. The summed E-state index contributed by atoms with van der Waals surface area (Å²) >= 11 is 1.52. The largest absolute Gasteiger partial charge is 0.367 e. The van der Waals surface area contributed by atoms with Gasteiger partial charge in [-0.1, -0.05) is 41.6 Å². The first-order valence-electron chi connectivity index (χ1n) is 9.80. The van der Waals surface area contributed by atoms with Gasteiger partial charge in [-0.3, -0.25) is 15.5 Å². The summed E-state index contributed by atoms with van der Waals surface area (Å²) in [4.78, 5) is 13.0. The highest BCUT2D eigenvalue weighted by Crippen LogP contribution is 2.33. The number of hydrogen-bond acceptors (Lipinski definition) is 7. The molecule has 1 aliphatic carbocycles. The third-order valence-electron chi connectivity index (χ3n) is 5.35. The van der Waals surface area contributed by atoms with Gasteiger partial charge in [0.25, 0.3) is 0 Å². The van der Waals surface area contributed by atoms with Gasteiger partial charge in [0.1, 0.15) is 12.1 Å². The van der Waals surface area contributed by atoms with Gasteiger partial charge in [-0.15, -0.1) is 0 Å². The van der Waals surface area contributed by atoms with Crippen molar-refractivity contribution < 1.29 is 0 Å². The average Bonchev–Trinajstić information content (AvgIpc) is 3.39. The van der Waals surface area contributed by atoms with Gasteiger partial charge in [-0.2, -0.15) is 5.10 Å². The van der Waals surface area contributed by atoms with Crippen molar-refractivity contribution in [1.82, 2.24) is 20.2 Å². The summed E-state index contributed by atoms with van der Waals surface area (Å²) in [5, 5.41) is 21.6. The molecule has 1 saturated carbocycles.